The van der Waals surface area contributed by atoms with E-state index in [0.717, 1.165) is 6.07 Å². The van der Waals surface area contributed by atoms with Crippen LogP contribution in [0.5, 0.6) is 0 Å². The smallest absolute Gasteiger partial charge is 0.236 e. The summed E-state index contributed by atoms with van der Waals surface area (Å²) in [6.45, 7) is 1.47. The number of rotatable bonds is 5. The molecule has 0 radical (unpaired) electrons. The summed E-state index contributed by atoms with van der Waals surface area (Å²) >= 11 is 0. The third kappa shape index (κ3) is 4.32. The number of amides is 1. The van der Waals surface area contributed by atoms with Crippen molar-refractivity contribution >= 4 is 15.7 Å². The molecule has 2 rings (SSSR count). The van der Waals surface area contributed by atoms with Gasteiger partial charge in [-0.2, -0.15) is 0 Å². The Hall–Kier alpha value is -2.35. The van der Waals surface area contributed by atoms with Crippen molar-refractivity contribution in [3.8, 4) is 0 Å². The number of hydrogen-bond acceptors (Lipinski definition) is 4. The van der Waals surface area contributed by atoms with Gasteiger partial charge in [0.25, 0.3) is 0 Å². The number of pyridine rings is 1. The van der Waals surface area contributed by atoms with Gasteiger partial charge in [-0.3, -0.25) is 4.79 Å². The fourth-order valence-corrected chi connectivity index (χ4v) is 3.07. The molecule has 1 atom stereocenters. The molecule has 1 aromatic carbocycles. The zero-order valence-electron chi connectivity index (χ0n) is 12.2. The summed E-state index contributed by atoms with van der Waals surface area (Å²) in [5.41, 5.74) is 0.0648. The van der Waals surface area contributed by atoms with Crippen LogP contribution in [-0.2, 0) is 14.6 Å². The van der Waals surface area contributed by atoms with E-state index in [2.05, 4.69) is 10.3 Å². The second-order valence-corrected chi connectivity index (χ2v) is 6.82. The molecule has 1 amide bonds. The first-order chi connectivity index (χ1) is 10.8. The fraction of sp³-hybridized carbons (Fsp3) is 0.200. The molecule has 122 valence electrons. The zero-order valence-corrected chi connectivity index (χ0v) is 13.0. The van der Waals surface area contributed by atoms with Gasteiger partial charge < -0.3 is 5.32 Å². The van der Waals surface area contributed by atoms with Gasteiger partial charge in [0.1, 0.15) is 17.4 Å². The number of aromatic nitrogens is 1. The van der Waals surface area contributed by atoms with Crippen molar-refractivity contribution in [1.82, 2.24) is 10.3 Å². The number of sulfone groups is 1. The minimum absolute atomic E-state index is 0.0648. The van der Waals surface area contributed by atoms with Crippen molar-refractivity contribution in [3.05, 3.63) is 59.8 Å². The molecule has 0 saturated heterocycles. The highest BCUT2D eigenvalue weighted by Crippen LogP contribution is 2.18. The Morgan fingerprint density at radius 2 is 2.00 bits per heavy atom. The second kappa shape index (κ2) is 6.82. The Bertz CT molecular complexity index is 811. The molecule has 0 unspecified atom stereocenters. The first-order valence-corrected chi connectivity index (χ1v) is 8.33. The van der Waals surface area contributed by atoms with Crippen LogP contribution in [0.1, 0.15) is 18.5 Å². The van der Waals surface area contributed by atoms with E-state index in [4.69, 9.17) is 0 Å². The van der Waals surface area contributed by atoms with Crippen LogP contribution in [-0.4, -0.2) is 25.1 Å². The number of nitrogens with one attached hydrogen (secondary N) is 1. The molecule has 2 aromatic rings. The number of nitrogens with zero attached hydrogens (tertiary/aromatic N) is 1. The van der Waals surface area contributed by atoms with Crippen LogP contribution in [0.3, 0.4) is 0 Å². The van der Waals surface area contributed by atoms with Gasteiger partial charge in [0, 0.05) is 17.8 Å². The van der Waals surface area contributed by atoms with Crippen LogP contribution >= 0.6 is 0 Å². The molecular weight excluding hydrogens is 326 g/mol. The summed E-state index contributed by atoms with van der Waals surface area (Å²) in [7, 11) is -3.88. The van der Waals surface area contributed by atoms with Gasteiger partial charge in [-0.25, -0.2) is 22.2 Å². The van der Waals surface area contributed by atoms with E-state index in [1.807, 2.05) is 0 Å². The molecule has 8 heteroatoms. The van der Waals surface area contributed by atoms with E-state index in [1.54, 1.807) is 6.07 Å². The summed E-state index contributed by atoms with van der Waals surface area (Å²) < 4.78 is 50.6. The molecule has 0 spiro atoms. The Balaban J connectivity index is 2.07. The Labute approximate surface area is 132 Å². The molecule has 1 N–H and O–H groups in total. The standard InChI is InChI=1S/C15H14F2N2O3S/c1-10(12-6-5-11(16)8-13(12)17)19-14(20)9-23(21,22)15-4-2-3-7-18-15/h2-8,10H,9H2,1H3,(H,19,20)/t10-/m0/s1. The number of carbonyl (C=O) groups is 1. The highest BCUT2D eigenvalue weighted by Gasteiger charge is 2.22. The number of benzene rings is 1. The van der Waals surface area contributed by atoms with Gasteiger partial charge in [-0.05, 0) is 25.1 Å². The van der Waals surface area contributed by atoms with Gasteiger partial charge in [0.15, 0.2) is 5.03 Å². The van der Waals surface area contributed by atoms with Gasteiger partial charge >= 0.3 is 0 Å². The fourth-order valence-electron chi connectivity index (χ4n) is 1.99. The molecule has 0 aliphatic carbocycles. The zero-order chi connectivity index (χ0) is 17.0. The molecule has 0 saturated carbocycles. The summed E-state index contributed by atoms with van der Waals surface area (Å²) in [4.78, 5) is 15.6. The Morgan fingerprint density at radius 1 is 1.26 bits per heavy atom. The number of hydrogen-bond donors (Lipinski definition) is 1. The van der Waals surface area contributed by atoms with E-state index in [1.165, 1.54) is 31.3 Å². The van der Waals surface area contributed by atoms with Crippen molar-refractivity contribution in [2.75, 3.05) is 5.75 Å². The molecule has 1 aromatic heterocycles. The number of carbonyl (C=O) groups excluding carboxylic acids is 1. The molecule has 5 nitrogen and oxygen atoms in total. The quantitative estimate of drug-likeness (QED) is 0.903. The highest BCUT2D eigenvalue weighted by molar-refractivity contribution is 7.92. The maximum Gasteiger partial charge on any atom is 0.236 e. The minimum Gasteiger partial charge on any atom is -0.349 e. The summed E-state index contributed by atoms with van der Waals surface area (Å²) in [5, 5.41) is 2.16. The maximum absolute atomic E-state index is 13.6. The summed E-state index contributed by atoms with van der Waals surface area (Å²) in [6.07, 6.45) is 1.31. The molecular formula is C15H14F2N2O3S. The predicted octanol–water partition coefficient (Wildman–Crippen LogP) is 2.01. The highest BCUT2D eigenvalue weighted by atomic mass is 32.2. The molecule has 1 heterocycles. The van der Waals surface area contributed by atoms with Crippen molar-refractivity contribution < 1.29 is 22.0 Å². The monoisotopic (exact) mass is 340 g/mol. The lowest BCUT2D eigenvalue weighted by atomic mass is 10.1. The minimum atomic E-state index is -3.88. The Morgan fingerprint density at radius 3 is 2.61 bits per heavy atom. The van der Waals surface area contributed by atoms with Crippen LogP contribution < -0.4 is 5.32 Å². The van der Waals surface area contributed by atoms with Crippen LogP contribution in [0.15, 0.2) is 47.6 Å². The third-order valence-corrected chi connectivity index (χ3v) is 4.61. The van der Waals surface area contributed by atoms with Crippen LogP contribution in [0, 0.1) is 11.6 Å². The van der Waals surface area contributed by atoms with Crippen molar-refractivity contribution in [2.24, 2.45) is 0 Å². The normalized spacial score (nSPS) is 12.7. The van der Waals surface area contributed by atoms with E-state index in [-0.39, 0.29) is 10.6 Å². The summed E-state index contributed by atoms with van der Waals surface area (Å²) in [6, 6.07) is 6.48. The lowest BCUT2D eigenvalue weighted by Crippen LogP contribution is -2.33. The van der Waals surface area contributed by atoms with E-state index >= 15 is 0 Å². The molecule has 23 heavy (non-hydrogen) atoms. The lowest BCUT2D eigenvalue weighted by molar-refractivity contribution is -0.119. The van der Waals surface area contributed by atoms with Crippen molar-refractivity contribution in [1.29, 1.82) is 0 Å². The van der Waals surface area contributed by atoms with Gasteiger partial charge in [-0.15, -0.1) is 0 Å². The molecule has 0 bridgehead atoms. The predicted molar refractivity (Wildman–Crippen MR) is 79.2 cm³/mol. The van der Waals surface area contributed by atoms with E-state index < -0.39 is 39.2 Å². The van der Waals surface area contributed by atoms with Gasteiger partial charge in [-0.1, -0.05) is 12.1 Å². The first kappa shape index (κ1) is 17.0. The SMILES string of the molecule is C[C@H](NC(=O)CS(=O)(=O)c1ccccn1)c1ccc(F)cc1F. The molecule has 0 fully saturated rings. The Kier molecular flexibility index (Phi) is 5.05. The topological polar surface area (TPSA) is 76.1 Å². The van der Waals surface area contributed by atoms with Crippen molar-refractivity contribution in [2.45, 2.75) is 18.0 Å². The number of halogens is 2. The molecule has 0 aliphatic rings. The van der Waals surface area contributed by atoms with Gasteiger partial charge in [0.2, 0.25) is 15.7 Å². The summed E-state index contributed by atoms with van der Waals surface area (Å²) in [5.74, 6) is -3.16. The van der Waals surface area contributed by atoms with E-state index in [9.17, 15) is 22.0 Å². The average molecular weight is 340 g/mol. The van der Waals surface area contributed by atoms with E-state index in [0.29, 0.717) is 6.07 Å². The largest absolute Gasteiger partial charge is 0.349 e. The molecule has 0 aliphatic heterocycles. The third-order valence-electron chi connectivity index (χ3n) is 3.08. The van der Waals surface area contributed by atoms with Crippen LogP contribution in [0.2, 0.25) is 0 Å². The van der Waals surface area contributed by atoms with Crippen molar-refractivity contribution in [3.63, 3.8) is 0 Å². The second-order valence-electron chi connectivity index (χ2n) is 4.88. The maximum atomic E-state index is 13.6. The van der Waals surface area contributed by atoms with Crippen LogP contribution in [0.25, 0.3) is 0 Å². The van der Waals surface area contributed by atoms with Gasteiger partial charge in [0.05, 0.1) is 6.04 Å². The van der Waals surface area contributed by atoms with Crippen LogP contribution in [0.4, 0.5) is 8.78 Å². The average Bonchev–Trinajstić information content (AvgIpc) is 2.47. The lowest BCUT2D eigenvalue weighted by Gasteiger charge is -2.15. The first-order valence-electron chi connectivity index (χ1n) is 6.67.